The Morgan fingerprint density at radius 3 is 2.11 bits per heavy atom. The molecule has 0 aliphatic carbocycles. The van der Waals surface area contributed by atoms with E-state index in [0.717, 1.165) is 0 Å². The topological polar surface area (TPSA) is 65.2 Å². The molecule has 0 rings (SSSR count). The second-order valence-corrected chi connectivity index (χ2v) is 1.93. The van der Waals surface area contributed by atoms with Gasteiger partial charge in [0.15, 0.2) is 0 Å². The second kappa shape index (κ2) is 4.31. The van der Waals surface area contributed by atoms with Crippen molar-refractivity contribution < 1.29 is 10.4 Å². The highest BCUT2D eigenvalue weighted by molar-refractivity contribution is 9.09. The third-order valence-electron chi connectivity index (χ3n) is 0.815. The molecule has 9 heavy (non-hydrogen) atoms. The number of nitrogens with zero attached hydrogens (tertiary/aromatic N) is 2. The summed E-state index contributed by atoms with van der Waals surface area (Å²) in [6.45, 7) is 1.54. The van der Waals surface area contributed by atoms with Gasteiger partial charge < -0.3 is 10.4 Å². The van der Waals surface area contributed by atoms with Crippen molar-refractivity contribution in [2.75, 3.05) is 5.33 Å². The van der Waals surface area contributed by atoms with E-state index in [4.69, 9.17) is 10.4 Å². The van der Waals surface area contributed by atoms with Crippen LogP contribution >= 0.6 is 15.9 Å². The first kappa shape index (κ1) is 8.42. The standard InChI is InChI=1S/C4H7BrN2O2/c1-3(6-8)4(2-5)7-9/h8-9H,2H2,1H3/b6-3-,7-4-. The van der Waals surface area contributed by atoms with Crippen molar-refractivity contribution in [3.05, 3.63) is 0 Å². The summed E-state index contributed by atoms with van der Waals surface area (Å²) in [7, 11) is 0. The number of rotatable bonds is 2. The van der Waals surface area contributed by atoms with Gasteiger partial charge in [-0.25, -0.2) is 0 Å². The van der Waals surface area contributed by atoms with E-state index in [1.807, 2.05) is 0 Å². The highest BCUT2D eigenvalue weighted by Gasteiger charge is 2.00. The van der Waals surface area contributed by atoms with E-state index in [-0.39, 0.29) is 0 Å². The summed E-state index contributed by atoms with van der Waals surface area (Å²) in [6.07, 6.45) is 0. The molecule has 0 aromatic rings. The zero-order valence-corrected chi connectivity index (χ0v) is 6.46. The van der Waals surface area contributed by atoms with E-state index in [1.54, 1.807) is 0 Å². The van der Waals surface area contributed by atoms with Gasteiger partial charge in [-0.1, -0.05) is 26.2 Å². The number of hydrogen-bond donors (Lipinski definition) is 2. The molecule has 0 aliphatic heterocycles. The van der Waals surface area contributed by atoms with Gasteiger partial charge in [0.25, 0.3) is 0 Å². The first-order valence-electron chi connectivity index (χ1n) is 2.22. The van der Waals surface area contributed by atoms with E-state index in [1.165, 1.54) is 6.92 Å². The molecule has 2 N–H and O–H groups in total. The van der Waals surface area contributed by atoms with Crippen molar-refractivity contribution in [2.45, 2.75) is 6.92 Å². The molecule has 4 nitrogen and oxygen atoms in total. The minimum absolute atomic E-state index is 0.300. The molecule has 0 spiro atoms. The van der Waals surface area contributed by atoms with Crippen LogP contribution in [0.4, 0.5) is 0 Å². The molecule has 5 heteroatoms. The van der Waals surface area contributed by atoms with Crippen LogP contribution in [0.3, 0.4) is 0 Å². The maximum absolute atomic E-state index is 8.19. The van der Waals surface area contributed by atoms with Gasteiger partial charge in [-0.05, 0) is 6.92 Å². The molecule has 0 unspecified atom stereocenters. The Hall–Kier alpha value is -0.580. The average molecular weight is 195 g/mol. The van der Waals surface area contributed by atoms with Gasteiger partial charge >= 0.3 is 0 Å². The zero-order valence-electron chi connectivity index (χ0n) is 4.87. The van der Waals surface area contributed by atoms with E-state index in [0.29, 0.717) is 16.8 Å². The Morgan fingerprint density at radius 1 is 1.44 bits per heavy atom. The summed E-state index contributed by atoms with van der Waals surface area (Å²) in [5.41, 5.74) is 0.617. The van der Waals surface area contributed by atoms with Crippen molar-refractivity contribution in [1.29, 1.82) is 0 Å². The molecule has 0 radical (unpaired) electrons. The molecular weight excluding hydrogens is 188 g/mol. The lowest BCUT2D eigenvalue weighted by atomic mass is 10.3. The lowest BCUT2D eigenvalue weighted by Crippen LogP contribution is -2.11. The Bertz CT molecular complexity index is 144. The van der Waals surface area contributed by atoms with Crippen LogP contribution in [0.2, 0.25) is 0 Å². The molecule has 0 fully saturated rings. The van der Waals surface area contributed by atoms with Crippen molar-refractivity contribution in [1.82, 2.24) is 0 Å². The summed E-state index contributed by atoms with van der Waals surface area (Å²) < 4.78 is 0. The van der Waals surface area contributed by atoms with Crippen LogP contribution in [-0.4, -0.2) is 27.2 Å². The van der Waals surface area contributed by atoms with E-state index in [9.17, 15) is 0 Å². The van der Waals surface area contributed by atoms with Crippen LogP contribution in [-0.2, 0) is 0 Å². The average Bonchev–Trinajstić information content (AvgIpc) is 1.90. The minimum Gasteiger partial charge on any atom is -0.411 e. The molecule has 0 saturated heterocycles. The maximum atomic E-state index is 8.19. The van der Waals surface area contributed by atoms with Gasteiger partial charge in [0.1, 0.15) is 11.4 Å². The van der Waals surface area contributed by atoms with Crippen LogP contribution in [0.15, 0.2) is 10.3 Å². The number of hydrogen-bond acceptors (Lipinski definition) is 4. The molecule has 0 heterocycles. The molecule has 0 aliphatic rings. The second-order valence-electron chi connectivity index (χ2n) is 1.37. The summed E-state index contributed by atoms with van der Waals surface area (Å²) in [4.78, 5) is 0. The molecule has 0 aromatic heterocycles. The third-order valence-corrected chi connectivity index (χ3v) is 1.35. The van der Waals surface area contributed by atoms with Crippen LogP contribution < -0.4 is 0 Å². The van der Waals surface area contributed by atoms with Gasteiger partial charge in [0, 0.05) is 0 Å². The maximum Gasteiger partial charge on any atom is 0.115 e. The highest BCUT2D eigenvalue weighted by Crippen LogP contribution is 1.88. The van der Waals surface area contributed by atoms with Gasteiger partial charge in [-0.3, -0.25) is 0 Å². The molecule has 0 atom stereocenters. The molecule has 0 saturated carbocycles. The Labute approximate surface area is 61.0 Å². The highest BCUT2D eigenvalue weighted by atomic mass is 79.9. The van der Waals surface area contributed by atoms with Crippen molar-refractivity contribution in [3.8, 4) is 0 Å². The van der Waals surface area contributed by atoms with Gasteiger partial charge in [-0.15, -0.1) is 0 Å². The fourth-order valence-corrected chi connectivity index (χ4v) is 0.771. The first-order chi connectivity index (χ1) is 4.26. The fourth-order valence-electron chi connectivity index (χ4n) is 0.253. The van der Waals surface area contributed by atoms with E-state index < -0.39 is 0 Å². The van der Waals surface area contributed by atoms with Crippen LogP contribution in [0.5, 0.6) is 0 Å². The summed E-state index contributed by atoms with van der Waals surface area (Å²) in [5, 5.41) is 22.4. The van der Waals surface area contributed by atoms with Crippen molar-refractivity contribution in [2.24, 2.45) is 10.3 Å². The molecule has 0 bridgehead atoms. The fraction of sp³-hybridized carbons (Fsp3) is 0.500. The predicted octanol–water partition coefficient (Wildman–Crippen LogP) is 1.06. The molecule has 52 valence electrons. The quantitative estimate of drug-likeness (QED) is 0.299. The minimum atomic E-state index is 0.300. The van der Waals surface area contributed by atoms with Crippen LogP contribution in [0.1, 0.15) is 6.92 Å². The SMILES string of the molecule is CC(=N/O)/C(CBr)=N\O. The number of alkyl halides is 1. The van der Waals surface area contributed by atoms with Crippen LogP contribution in [0.25, 0.3) is 0 Å². The van der Waals surface area contributed by atoms with Gasteiger partial charge in [0.2, 0.25) is 0 Å². The lowest BCUT2D eigenvalue weighted by molar-refractivity contribution is 0.314. The monoisotopic (exact) mass is 194 g/mol. The molecule has 0 amide bonds. The molecule has 0 aromatic carbocycles. The number of halogens is 1. The normalized spacial score (nSPS) is 14.0. The first-order valence-corrected chi connectivity index (χ1v) is 3.34. The van der Waals surface area contributed by atoms with Crippen molar-refractivity contribution >= 4 is 27.4 Å². The number of oxime groups is 2. The van der Waals surface area contributed by atoms with Gasteiger partial charge in [0.05, 0.1) is 5.33 Å². The Morgan fingerprint density at radius 2 is 2.00 bits per heavy atom. The summed E-state index contributed by atoms with van der Waals surface area (Å²) in [5.74, 6) is 0. The van der Waals surface area contributed by atoms with E-state index >= 15 is 0 Å². The Kier molecular flexibility index (Phi) is 4.04. The molecular formula is C4H7BrN2O2. The smallest absolute Gasteiger partial charge is 0.115 e. The Balaban J connectivity index is 4.14. The van der Waals surface area contributed by atoms with Gasteiger partial charge in [-0.2, -0.15) is 0 Å². The third kappa shape index (κ3) is 2.46. The zero-order chi connectivity index (χ0) is 7.28. The summed E-state index contributed by atoms with van der Waals surface area (Å²) >= 11 is 3.03. The van der Waals surface area contributed by atoms with Crippen molar-refractivity contribution in [3.63, 3.8) is 0 Å². The van der Waals surface area contributed by atoms with Crippen LogP contribution in [0, 0.1) is 0 Å². The largest absolute Gasteiger partial charge is 0.411 e. The predicted molar refractivity (Wildman–Crippen MR) is 37.9 cm³/mol. The summed E-state index contributed by atoms with van der Waals surface area (Å²) in [6, 6.07) is 0. The van der Waals surface area contributed by atoms with E-state index in [2.05, 4.69) is 26.2 Å². The lowest BCUT2D eigenvalue weighted by Gasteiger charge is -1.93.